The van der Waals surface area contributed by atoms with E-state index in [-0.39, 0.29) is 11.9 Å². The molecule has 1 fully saturated rings. The molecule has 118 valence electrons. The summed E-state index contributed by atoms with van der Waals surface area (Å²) in [5, 5.41) is 3.49. The van der Waals surface area contributed by atoms with E-state index in [1.807, 2.05) is 12.1 Å². The molecule has 1 aromatic carbocycles. The summed E-state index contributed by atoms with van der Waals surface area (Å²) >= 11 is 0. The van der Waals surface area contributed by atoms with Gasteiger partial charge in [-0.3, -0.25) is 4.90 Å². The molecule has 0 saturated heterocycles. The van der Waals surface area contributed by atoms with Gasteiger partial charge in [0.1, 0.15) is 5.82 Å². The molecule has 0 radical (unpaired) electrons. The fourth-order valence-electron chi connectivity index (χ4n) is 3.61. The highest BCUT2D eigenvalue weighted by atomic mass is 19.1. The van der Waals surface area contributed by atoms with Crippen LogP contribution in [0.5, 0.6) is 0 Å². The van der Waals surface area contributed by atoms with E-state index in [4.69, 9.17) is 0 Å². The van der Waals surface area contributed by atoms with Crippen molar-refractivity contribution >= 4 is 0 Å². The van der Waals surface area contributed by atoms with Gasteiger partial charge in [-0.1, -0.05) is 43.9 Å². The lowest BCUT2D eigenvalue weighted by atomic mass is 9.90. The molecule has 0 aromatic heterocycles. The maximum Gasteiger partial charge on any atom is 0.127 e. The fourth-order valence-corrected chi connectivity index (χ4v) is 3.61. The molecule has 1 aliphatic carbocycles. The maximum absolute atomic E-state index is 14.0. The average molecular weight is 292 g/mol. The zero-order valence-electron chi connectivity index (χ0n) is 13.6. The van der Waals surface area contributed by atoms with E-state index in [0.29, 0.717) is 12.1 Å². The number of benzene rings is 1. The van der Waals surface area contributed by atoms with Crippen molar-refractivity contribution in [3.05, 3.63) is 35.6 Å². The topological polar surface area (TPSA) is 15.3 Å². The normalized spacial score (nSPS) is 25.4. The van der Waals surface area contributed by atoms with Crippen LogP contribution in [0, 0.1) is 5.82 Å². The molecule has 21 heavy (non-hydrogen) atoms. The Morgan fingerprint density at radius 3 is 2.48 bits per heavy atom. The third kappa shape index (κ3) is 4.04. The average Bonchev–Trinajstić information content (AvgIpc) is 2.46. The lowest BCUT2D eigenvalue weighted by Gasteiger charge is -2.39. The van der Waals surface area contributed by atoms with Crippen LogP contribution in [0.25, 0.3) is 0 Å². The molecule has 2 nitrogen and oxygen atoms in total. The largest absolute Gasteiger partial charge is 0.315 e. The molecule has 2 rings (SSSR count). The molecular weight excluding hydrogens is 263 g/mol. The van der Waals surface area contributed by atoms with Gasteiger partial charge in [-0.2, -0.15) is 0 Å². The standard InChI is InChI=1S/C18H29FN2/c1-14(15-10-8-9-11-16(15)19)21(3)18-13-7-5-4-6-12-17(18)20-2/h8-11,14,17-18,20H,4-7,12-13H2,1-3H3. The summed E-state index contributed by atoms with van der Waals surface area (Å²) in [6.45, 7) is 2.11. The first-order valence-corrected chi connectivity index (χ1v) is 8.28. The van der Waals surface area contributed by atoms with Crippen LogP contribution < -0.4 is 5.32 Å². The van der Waals surface area contributed by atoms with Gasteiger partial charge >= 0.3 is 0 Å². The number of hydrogen-bond donors (Lipinski definition) is 1. The van der Waals surface area contributed by atoms with Crippen molar-refractivity contribution in [2.24, 2.45) is 0 Å². The third-order valence-electron chi connectivity index (χ3n) is 5.09. The number of nitrogens with one attached hydrogen (secondary N) is 1. The molecule has 1 aliphatic rings. The van der Waals surface area contributed by atoms with Crippen molar-refractivity contribution < 1.29 is 4.39 Å². The number of halogens is 1. The van der Waals surface area contributed by atoms with E-state index < -0.39 is 0 Å². The van der Waals surface area contributed by atoms with E-state index in [9.17, 15) is 4.39 Å². The Bertz CT molecular complexity index is 435. The fraction of sp³-hybridized carbons (Fsp3) is 0.667. The van der Waals surface area contributed by atoms with Gasteiger partial charge in [-0.15, -0.1) is 0 Å². The molecule has 0 spiro atoms. The second kappa shape index (κ2) is 7.90. The molecule has 3 heteroatoms. The van der Waals surface area contributed by atoms with Gasteiger partial charge in [-0.25, -0.2) is 4.39 Å². The van der Waals surface area contributed by atoms with Crippen molar-refractivity contribution in [1.82, 2.24) is 10.2 Å². The summed E-state index contributed by atoms with van der Waals surface area (Å²) in [5.74, 6) is -0.0938. The van der Waals surface area contributed by atoms with Crippen LogP contribution in [0.1, 0.15) is 57.1 Å². The highest BCUT2D eigenvalue weighted by Gasteiger charge is 2.29. The van der Waals surface area contributed by atoms with Crippen LogP contribution in [0.4, 0.5) is 4.39 Å². The third-order valence-corrected chi connectivity index (χ3v) is 5.09. The van der Waals surface area contributed by atoms with Gasteiger partial charge in [-0.05, 0) is 39.9 Å². The summed E-state index contributed by atoms with van der Waals surface area (Å²) in [7, 11) is 4.20. The van der Waals surface area contributed by atoms with Crippen LogP contribution in [0.2, 0.25) is 0 Å². The Kier molecular flexibility index (Phi) is 6.19. The summed E-state index contributed by atoms with van der Waals surface area (Å²) < 4.78 is 14.0. The smallest absolute Gasteiger partial charge is 0.127 e. The van der Waals surface area contributed by atoms with E-state index in [2.05, 4.69) is 31.2 Å². The second-order valence-electron chi connectivity index (χ2n) is 6.32. The van der Waals surface area contributed by atoms with Gasteiger partial charge in [0, 0.05) is 23.7 Å². The van der Waals surface area contributed by atoms with E-state index in [1.165, 1.54) is 38.5 Å². The Hall–Kier alpha value is -0.930. The van der Waals surface area contributed by atoms with Crippen LogP contribution in [-0.2, 0) is 0 Å². The minimum Gasteiger partial charge on any atom is -0.315 e. The number of rotatable bonds is 4. The molecular formula is C18H29FN2. The van der Waals surface area contributed by atoms with Gasteiger partial charge in [0.15, 0.2) is 0 Å². The number of nitrogens with zero attached hydrogens (tertiary/aromatic N) is 1. The zero-order valence-corrected chi connectivity index (χ0v) is 13.6. The van der Waals surface area contributed by atoms with Gasteiger partial charge in [0.2, 0.25) is 0 Å². The highest BCUT2D eigenvalue weighted by Crippen LogP contribution is 2.29. The molecule has 1 saturated carbocycles. The monoisotopic (exact) mass is 292 g/mol. The van der Waals surface area contributed by atoms with Crippen molar-refractivity contribution in [2.45, 2.75) is 63.6 Å². The molecule has 0 amide bonds. The minimum atomic E-state index is -0.0938. The van der Waals surface area contributed by atoms with Crippen LogP contribution in [0.15, 0.2) is 24.3 Å². The summed E-state index contributed by atoms with van der Waals surface area (Å²) in [4.78, 5) is 2.37. The summed E-state index contributed by atoms with van der Waals surface area (Å²) in [5.41, 5.74) is 0.803. The molecule has 0 aliphatic heterocycles. The molecule has 0 heterocycles. The Morgan fingerprint density at radius 2 is 1.81 bits per heavy atom. The lowest BCUT2D eigenvalue weighted by molar-refractivity contribution is 0.125. The second-order valence-corrected chi connectivity index (χ2v) is 6.32. The van der Waals surface area contributed by atoms with Crippen LogP contribution in [-0.4, -0.2) is 31.1 Å². The van der Waals surface area contributed by atoms with Gasteiger partial charge in [0.25, 0.3) is 0 Å². The molecule has 3 unspecified atom stereocenters. The van der Waals surface area contributed by atoms with Gasteiger partial charge < -0.3 is 5.32 Å². The van der Waals surface area contributed by atoms with Crippen LogP contribution in [0.3, 0.4) is 0 Å². The SMILES string of the molecule is CNC1CCCCCCC1N(C)C(C)c1ccccc1F. The summed E-state index contributed by atoms with van der Waals surface area (Å²) in [6, 6.07) is 8.25. The molecule has 1 aromatic rings. The Morgan fingerprint density at radius 1 is 1.14 bits per heavy atom. The molecule has 3 atom stereocenters. The van der Waals surface area contributed by atoms with E-state index in [0.717, 1.165) is 5.56 Å². The molecule has 0 bridgehead atoms. The first kappa shape index (κ1) is 16.4. The lowest BCUT2D eigenvalue weighted by Crippen LogP contribution is -2.48. The van der Waals surface area contributed by atoms with Gasteiger partial charge in [0.05, 0.1) is 0 Å². The zero-order chi connectivity index (χ0) is 15.2. The van der Waals surface area contributed by atoms with Crippen molar-refractivity contribution in [3.63, 3.8) is 0 Å². The maximum atomic E-state index is 14.0. The predicted octanol–water partition coefficient (Wildman–Crippen LogP) is 4.13. The summed E-state index contributed by atoms with van der Waals surface area (Å²) in [6.07, 6.45) is 7.66. The number of hydrogen-bond acceptors (Lipinski definition) is 2. The Labute approximate surface area is 128 Å². The predicted molar refractivity (Wildman–Crippen MR) is 86.9 cm³/mol. The minimum absolute atomic E-state index is 0.0938. The van der Waals surface area contributed by atoms with Crippen molar-refractivity contribution in [2.75, 3.05) is 14.1 Å². The van der Waals surface area contributed by atoms with Crippen molar-refractivity contribution in [1.29, 1.82) is 0 Å². The first-order valence-electron chi connectivity index (χ1n) is 8.28. The Balaban J connectivity index is 2.15. The van der Waals surface area contributed by atoms with Crippen LogP contribution >= 0.6 is 0 Å². The molecule has 1 N–H and O–H groups in total. The van der Waals surface area contributed by atoms with E-state index in [1.54, 1.807) is 12.1 Å². The van der Waals surface area contributed by atoms with Crippen molar-refractivity contribution in [3.8, 4) is 0 Å². The quantitative estimate of drug-likeness (QED) is 0.897. The first-order chi connectivity index (χ1) is 10.1. The highest BCUT2D eigenvalue weighted by molar-refractivity contribution is 5.21. The number of likely N-dealkylation sites (N-methyl/N-ethyl adjacent to an activating group) is 2. The van der Waals surface area contributed by atoms with E-state index >= 15 is 0 Å².